The number of carbonyl (C=O) groups excluding carboxylic acids is 2. The predicted octanol–water partition coefficient (Wildman–Crippen LogP) is -0.306. The fourth-order valence-corrected chi connectivity index (χ4v) is 1.18. The van der Waals surface area contributed by atoms with E-state index in [0.29, 0.717) is 0 Å². The van der Waals surface area contributed by atoms with Gasteiger partial charge in [-0.25, -0.2) is 13.2 Å². The van der Waals surface area contributed by atoms with Crippen molar-refractivity contribution < 1.29 is 27.5 Å². The van der Waals surface area contributed by atoms with Crippen molar-refractivity contribution >= 4 is 21.8 Å². The van der Waals surface area contributed by atoms with E-state index in [1.807, 2.05) is 0 Å². The monoisotopic (exact) mass is 250 g/mol. The van der Waals surface area contributed by atoms with Crippen LogP contribution in [0.3, 0.4) is 0 Å². The van der Waals surface area contributed by atoms with Crippen molar-refractivity contribution in [3.05, 3.63) is 12.2 Å². The van der Waals surface area contributed by atoms with Gasteiger partial charge < -0.3 is 9.47 Å². The molecule has 0 radical (unpaired) electrons. The van der Waals surface area contributed by atoms with Crippen molar-refractivity contribution in [3.8, 4) is 0 Å². The molecule has 0 rings (SSSR count). The second-order valence-electron chi connectivity index (χ2n) is 3.21. The highest BCUT2D eigenvalue weighted by atomic mass is 32.2. The molecule has 0 heterocycles. The van der Waals surface area contributed by atoms with Gasteiger partial charge >= 0.3 is 11.9 Å². The van der Waals surface area contributed by atoms with Gasteiger partial charge in [-0.05, 0) is 6.92 Å². The third kappa shape index (κ3) is 7.98. The van der Waals surface area contributed by atoms with Gasteiger partial charge in [-0.15, -0.1) is 0 Å². The summed E-state index contributed by atoms with van der Waals surface area (Å²) in [6.07, 6.45) is 0.926. The largest absolute Gasteiger partial charge is 0.461 e. The molecule has 0 aliphatic rings. The lowest BCUT2D eigenvalue weighted by Crippen LogP contribution is -2.20. The number of hydrogen-bond donors (Lipinski definition) is 0. The molecule has 0 unspecified atom stereocenters. The fourth-order valence-electron chi connectivity index (χ4n) is 0.669. The van der Waals surface area contributed by atoms with E-state index in [9.17, 15) is 18.0 Å². The number of sulfone groups is 1. The van der Waals surface area contributed by atoms with E-state index in [2.05, 4.69) is 16.1 Å². The summed E-state index contributed by atoms with van der Waals surface area (Å²) >= 11 is 0. The van der Waals surface area contributed by atoms with Crippen LogP contribution in [-0.4, -0.2) is 45.6 Å². The SMILES string of the molecule is C=C(C)C(=O)OCCOC(=O)CS(C)(=O)=O. The van der Waals surface area contributed by atoms with Crippen LogP contribution in [0.25, 0.3) is 0 Å². The minimum Gasteiger partial charge on any atom is -0.461 e. The minimum absolute atomic E-state index is 0.124. The molecule has 0 bridgehead atoms. The van der Waals surface area contributed by atoms with Crippen LogP contribution in [0.1, 0.15) is 6.92 Å². The summed E-state index contributed by atoms with van der Waals surface area (Å²) in [5.74, 6) is -2.13. The lowest BCUT2D eigenvalue weighted by atomic mass is 10.4. The van der Waals surface area contributed by atoms with Gasteiger partial charge in [0.25, 0.3) is 0 Å². The Hall–Kier alpha value is -1.37. The van der Waals surface area contributed by atoms with E-state index >= 15 is 0 Å². The predicted molar refractivity (Wildman–Crippen MR) is 56.4 cm³/mol. The maximum Gasteiger partial charge on any atom is 0.333 e. The van der Waals surface area contributed by atoms with Crippen LogP contribution >= 0.6 is 0 Å². The summed E-state index contributed by atoms with van der Waals surface area (Å²) < 4.78 is 30.5. The molecular formula is C9H14O6S. The summed E-state index contributed by atoms with van der Waals surface area (Å²) in [4.78, 5) is 21.7. The smallest absolute Gasteiger partial charge is 0.333 e. The van der Waals surface area contributed by atoms with Crippen LogP contribution in [0.5, 0.6) is 0 Å². The van der Waals surface area contributed by atoms with Crippen molar-refractivity contribution in [3.63, 3.8) is 0 Å². The summed E-state index contributed by atoms with van der Waals surface area (Å²) in [7, 11) is -3.39. The average molecular weight is 250 g/mol. The molecule has 0 aliphatic heterocycles. The lowest BCUT2D eigenvalue weighted by Gasteiger charge is -2.05. The summed E-state index contributed by atoms with van der Waals surface area (Å²) in [5.41, 5.74) is 0.238. The Morgan fingerprint density at radius 2 is 1.69 bits per heavy atom. The van der Waals surface area contributed by atoms with Gasteiger partial charge in [0.05, 0.1) is 0 Å². The molecule has 6 nitrogen and oxygen atoms in total. The molecule has 0 saturated heterocycles. The van der Waals surface area contributed by atoms with Gasteiger partial charge in [0, 0.05) is 11.8 Å². The van der Waals surface area contributed by atoms with Crippen LogP contribution < -0.4 is 0 Å². The van der Waals surface area contributed by atoms with E-state index in [1.165, 1.54) is 6.92 Å². The second kappa shape index (κ2) is 6.26. The minimum atomic E-state index is -3.39. The molecule has 0 aliphatic carbocycles. The topological polar surface area (TPSA) is 86.7 Å². The van der Waals surface area contributed by atoms with E-state index in [4.69, 9.17) is 0 Å². The van der Waals surface area contributed by atoms with Crippen molar-refractivity contribution in [1.29, 1.82) is 0 Å². The Labute approximate surface area is 94.1 Å². The number of carbonyl (C=O) groups is 2. The number of rotatable bonds is 6. The number of esters is 2. The highest BCUT2D eigenvalue weighted by molar-refractivity contribution is 7.91. The van der Waals surface area contributed by atoms with Crippen LogP contribution in [-0.2, 0) is 28.9 Å². The van der Waals surface area contributed by atoms with Gasteiger partial charge in [0.2, 0.25) is 0 Å². The van der Waals surface area contributed by atoms with Gasteiger partial charge in [0.1, 0.15) is 19.0 Å². The van der Waals surface area contributed by atoms with Crippen molar-refractivity contribution in [2.24, 2.45) is 0 Å². The number of hydrogen-bond acceptors (Lipinski definition) is 6. The Balaban J connectivity index is 3.72. The summed E-state index contributed by atoms with van der Waals surface area (Å²) in [6, 6.07) is 0. The standard InChI is InChI=1S/C9H14O6S/c1-7(2)9(11)15-5-4-14-8(10)6-16(3,12)13/h1,4-6H2,2-3H3. The Morgan fingerprint density at radius 1 is 1.19 bits per heavy atom. The molecule has 0 aromatic rings. The summed E-state index contributed by atoms with van der Waals surface area (Å²) in [5, 5.41) is 0. The zero-order chi connectivity index (χ0) is 12.8. The first-order chi connectivity index (χ1) is 7.22. The third-order valence-corrected chi connectivity index (χ3v) is 2.07. The second-order valence-corrected chi connectivity index (χ2v) is 5.35. The Morgan fingerprint density at radius 3 is 2.12 bits per heavy atom. The molecular weight excluding hydrogens is 236 g/mol. The molecule has 0 fully saturated rings. The maximum atomic E-state index is 10.9. The molecule has 0 amide bonds. The Bertz CT molecular complexity index is 381. The summed E-state index contributed by atoms with van der Waals surface area (Å²) in [6.45, 7) is 4.54. The first-order valence-corrected chi connectivity index (χ1v) is 6.44. The van der Waals surface area contributed by atoms with Gasteiger partial charge in [-0.2, -0.15) is 0 Å². The van der Waals surface area contributed by atoms with E-state index in [-0.39, 0.29) is 18.8 Å². The molecule has 0 saturated carbocycles. The number of ether oxygens (including phenoxy) is 2. The zero-order valence-electron chi connectivity index (χ0n) is 9.19. The van der Waals surface area contributed by atoms with Crippen LogP contribution in [0.2, 0.25) is 0 Å². The molecule has 0 spiro atoms. The first-order valence-electron chi connectivity index (χ1n) is 4.38. The maximum absolute atomic E-state index is 10.9. The van der Waals surface area contributed by atoms with Gasteiger partial charge in [-0.3, -0.25) is 4.79 Å². The van der Waals surface area contributed by atoms with E-state index in [0.717, 1.165) is 6.26 Å². The normalized spacial score (nSPS) is 10.6. The molecule has 0 atom stereocenters. The highest BCUT2D eigenvalue weighted by Gasteiger charge is 2.12. The fraction of sp³-hybridized carbons (Fsp3) is 0.556. The van der Waals surface area contributed by atoms with E-state index in [1.54, 1.807) is 0 Å². The lowest BCUT2D eigenvalue weighted by molar-refractivity contribution is -0.148. The van der Waals surface area contributed by atoms with Gasteiger partial charge in [-0.1, -0.05) is 6.58 Å². The van der Waals surface area contributed by atoms with Crippen molar-refractivity contribution in [2.45, 2.75) is 6.92 Å². The third-order valence-electron chi connectivity index (χ3n) is 1.31. The van der Waals surface area contributed by atoms with Gasteiger partial charge in [0.15, 0.2) is 9.84 Å². The van der Waals surface area contributed by atoms with E-state index < -0.39 is 27.5 Å². The van der Waals surface area contributed by atoms with Crippen LogP contribution in [0.15, 0.2) is 12.2 Å². The molecule has 7 heteroatoms. The highest BCUT2D eigenvalue weighted by Crippen LogP contribution is 1.92. The molecule has 0 N–H and O–H groups in total. The Kier molecular flexibility index (Phi) is 5.73. The first kappa shape index (κ1) is 14.6. The molecule has 0 aromatic carbocycles. The van der Waals surface area contributed by atoms with Crippen molar-refractivity contribution in [1.82, 2.24) is 0 Å². The average Bonchev–Trinajstić information content (AvgIpc) is 2.08. The zero-order valence-corrected chi connectivity index (χ0v) is 10.0. The molecule has 0 aromatic heterocycles. The molecule has 92 valence electrons. The van der Waals surface area contributed by atoms with Crippen LogP contribution in [0.4, 0.5) is 0 Å². The quantitative estimate of drug-likeness (QED) is 0.365. The van der Waals surface area contributed by atoms with Crippen LogP contribution in [0, 0.1) is 0 Å². The van der Waals surface area contributed by atoms with Crippen molar-refractivity contribution in [2.75, 3.05) is 25.2 Å². The molecule has 16 heavy (non-hydrogen) atoms.